The van der Waals surface area contributed by atoms with Crippen LogP contribution < -0.4 is 4.74 Å². The molecule has 0 N–H and O–H groups in total. The van der Waals surface area contributed by atoms with E-state index in [1.807, 2.05) is 30.3 Å². The third-order valence-corrected chi connectivity index (χ3v) is 3.81. The molecule has 0 aliphatic rings. The molecule has 0 fully saturated rings. The average molecular weight is 382 g/mol. The van der Waals surface area contributed by atoms with Gasteiger partial charge in [-0.15, -0.1) is 0 Å². The number of ether oxygens (including phenoxy) is 2. The molecule has 0 spiro atoms. The van der Waals surface area contributed by atoms with E-state index in [0.29, 0.717) is 22.3 Å². The zero-order chi connectivity index (χ0) is 18.2. The van der Waals surface area contributed by atoms with Gasteiger partial charge in [0.2, 0.25) is 0 Å². The molecule has 25 heavy (non-hydrogen) atoms. The van der Waals surface area contributed by atoms with Crippen LogP contribution in [0.25, 0.3) is 0 Å². The van der Waals surface area contributed by atoms with Crippen molar-refractivity contribution in [2.24, 2.45) is 0 Å². The summed E-state index contributed by atoms with van der Waals surface area (Å²) in [7, 11) is 1.65. The number of amides is 1. The van der Waals surface area contributed by atoms with E-state index in [0.717, 1.165) is 5.56 Å². The summed E-state index contributed by atoms with van der Waals surface area (Å²) in [5.74, 6) is -0.648. The number of esters is 1. The van der Waals surface area contributed by atoms with Crippen LogP contribution in [0.3, 0.4) is 0 Å². The van der Waals surface area contributed by atoms with Crippen molar-refractivity contribution in [3.63, 3.8) is 0 Å². The lowest BCUT2D eigenvalue weighted by Crippen LogP contribution is -2.31. The lowest BCUT2D eigenvalue weighted by Gasteiger charge is -2.17. The number of benzene rings is 2. The van der Waals surface area contributed by atoms with E-state index in [4.69, 9.17) is 32.7 Å². The van der Waals surface area contributed by atoms with Gasteiger partial charge >= 0.3 is 5.97 Å². The minimum absolute atomic E-state index is 0.291. The summed E-state index contributed by atoms with van der Waals surface area (Å²) in [5.41, 5.74) is 0.991. The van der Waals surface area contributed by atoms with Gasteiger partial charge in [-0.1, -0.05) is 53.5 Å². The van der Waals surface area contributed by atoms with E-state index in [1.165, 1.54) is 11.0 Å². The highest BCUT2D eigenvalue weighted by molar-refractivity contribution is 6.35. The van der Waals surface area contributed by atoms with Gasteiger partial charge in [0.05, 0.1) is 5.02 Å². The fourth-order valence-corrected chi connectivity index (χ4v) is 2.43. The number of hydrogen-bond acceptors (Lipinski definition) is 4. The van der Waals surface area contributed by atoms with Crippen molar-refractivity contribution in [3.05, 3.63) is 64.1 Å². The van der Waals surface area contributed by atoms with Gasteiger partial charge in [-0.2, -0.15) is 0 Å². The Kier molecular flexibility index (Phi) is 7.10. The van der Waals surface area contributed by atoms with E-state index in [2.05, 4.69) is 0 Å². The van der Waals surface area contributed by atoms with Crippen LogP contribution in [0.4, 0.5) is 0 Å². The molecule has 5 nitrogen and oxygen atoms in total. The SMILES string of the molecule is CN(Cc1ccccc1)C(=O)COC(=O)COc1ccc(Cl)cc1Cl. The minimum Gasteiger partial charge on any atom is -0.480 e. The Balaban J connectivity index is 1.74. The van der Waals surface area contributed by atoms with Crippen LogP contribution in [0.1, 0.15) is 5.56 Å². The Morgan fingerprint density at radius 1 is 1.04 bits per heavy atom. The topological polar surface area (TPSA) is 55.8 Å². The van der Waals surface area contributed by atoms with Crippen molar-refractivity contribution in [1.82, 2.24) is 4.90 Å². The highest BCUT2D eigenvalue weighted by Crippen LogP contribution is 2.27. The standard InChI is InChI=1S/C18H17Cl2NO4/c1-21(10-13-5-3-2-4-6-13)17(22)11-25-18(23)12-24-16-8-7-14(19)9-15(16)20/h2-9H,10-12H2,1H3. The van der Waals surface area contributed by atoms with Gasteiger partial charge in [-0.25, -0.2) is 4.79 Å². The first-order valence-corrected chi connectivity index (χ1v) is 8.22. The van der Waals surface area contributed by atoms with Gasteiger partial charge in [0, 0.05) is 18.6 Å². The molecule has 0 aliphatic heterocycles. The summed E-state index contributed by atoms with van der Waals surface area (Å²) >= 11 is 11.7. The molecule has 1 amide bonds. The first-order chi connectivity index (χ1) is 12.0. The second-order valence-electron chi connectivity index (χ2n) is 5.26. The number of halogens is 2. The molecule has 0 saturated carbocycles. The Morgan fingerprint density at radius 3 is 2.44 bits per heavy atom. The van der Waals surface area contributed by atoms with E-state index in [-0.39, 0.29) is 19.1 Å². The van der Waals surface area contributed by atoms with Crippen molar-refractivity contribution in [2.75, 3.05) is 20.3 Å². The third-order valence-electron chi connectivity index (χ3n) is 3.28. The molecule has 2 aromatic rings. The molecule has 132 valence electrons. The van der Waals surface area contributed by atoms with Crippen LogP contribution in [-0.4, -0.2) is 37.0 Å². The summed E-state index contributed by atoms with van der Waals surface area (Å²) in [4.78, 5) is 25.2. The van der Waals surface area contributed by atoms with E-state index in [1.54, 1.807) is 19.2 Å². The van der Waals surface area contributed by atoms with Gasteiger partial charge in [0.1, 0.15) is 5.75 Å². The Labute approximate surface area is 156 Å². The molecule has 2 aromatic carbocycles. The quantitative estimate of drug-likeness (QED) is 0.687. The molecule has 0 saturated heterocycles. The first kappa shape index (κ1) is 19.1. The van der Waals surface area contributed by atoms with Crippen LogP contribution in [0.15, 0.2) is 48.5 Å². The maximum absolute atomic E-state index is 12.0. The highest BCUT2D eigenvalue weighted by atomic mass is 35.5. The van der Waals surface area contributed by atoms with Crippen molar-refractivity contribution >= 4 is 35.1 Å². The zero-order valence-electron chi connectivity index (χ0n) is 13.6. The summed E-state index contributed by atoms with van der Waals surface area (Å²) in [6.07, 6.45) is 0. The van der Waals surface area contributed by atoms with Gasteiger partial charge in [-0.05, 0) is 23.8 Å². The normalized spacial score (nSPS) is 10.2. The second-order valence-corrected chi connectivity index (χ2v) is 6.10. The third kappa shape index (κ3) is 6.29. The molecule has 2 rings (SSSR count). The number of likely N-dealkylation sites (N-methyl/N-ethyl adjacent to an activating group) is 1. The Hall–Kier alpha value is -2.24. The summed E-state index contributed by atoms with van der Waals surface area (Å²) < 4.78 is 10.2. The number of carbonyl (C=O) groups excluding carboxylic acids is 2. The molecular weight excluding hydrogens is 365 g/mol. The first-order valence-electron chi connectivity index (χ1n) is 7.47. The van der Waals surface area contributed by atoms with Crippen LogP contribution in [0.2, 0.25) is 10.0 Å². The van der Waals surface area contributed by atoms with Gasteiger partial charge < -0.3 is 14.4 Å². The van der Waals surface area contributed by atoms with Gasteiger partial charge in [0.25, 0.3) is 5.91 Å². The van der Waals surface area contributed by atoms with Crippen molar-refractivity contribution in [3.8, 4) is 5.75 Å². The number of carbonyl (C=O) groups is 2. The molecule has 0 aromatic heterocycles. The maximum Gasteiger partial charge on any atom is 0.344 e. The Morgan fingerprint density at radius 2 is 1.76 bits per heavy atom. The molecule has 0 heterocycles. The van der Waals surface area contributed by atoms with E-state index >= 15 is 0 Å². The lowest BCUT2D eigenvalue weighted by molar-refractivity contribution is -0.153. The van der Waals surface area contributed by atoms with Crippen molar-refractivity contribution in [2.45, 2.75) is 6.54 Å². The predicted octanol–water partition coefficient (Wildman–Crippen LogP) is 3.57. The van der Waals surface area contributed by atoms with E-state index < -0.39 is 5.97 Å². The largest absolute Gasteiger partial charge is 0.480 e. The van der Waals surface area contributed by atoms with Crippen molar-refractivity contribution in [1.29, 1.82) is 0 Å². The van der Waals surface area contributed by atoms with Crippen molar-refractivity contribution < 1.29 is 19.1 Å². The van der Waals surface area contributed by atoms with Gasteiger partial charge in [0.15, 0.2) is 13.2 Å². The summed E-state index contributed by atoms with van der Waals surface area (Å²) in [6.45, 7) is -0.259. The second kappa shape index (κ2) is 9.30. The highest BCUT2D eigenvalue weighted by Gasteiger charge is 2.13. The molecule has 0 bridgehead atoms. The van der Waals surface area contributed by atoms with E-state index in [9.17, 15) is 9.59 Å². The number of hydrogen-bond donors (Lipinski definition) is 0. The molecule has 0 radical (unpaired) electrons. The zero-order valence-corrected chi connectivity index (χ0v) is 15.1. The van der Waals surface area contributed by atoms with Crippen LogP contribution >= 0.6 is 23.2 Å². The monoisotopic (exact) mass is 381 g/mol. The van der Waals surface area contributed by atoms with Crippen LogP contribution in [-0.2, 0) is 20.9 Å². The summed E-state index contributed by atoms with van der Waals surface area (Å²) in [6, 6.07) is 14.2. The fraction of sp³-hybridized carbons (Fsp3) is 0.222. The lowest BCUT2D eigenvalue weighted by atomic mass is 10.2. The van der Waals surface area contributed by atoms with Gasteiger partial charge in [-0.3, -0.25) is 4.79 Å². The predicted molar refractivity (Wildman–Crippen MR) is 95.8 cm³/mol. The maximum atomic E-state index is 12.0. The molecular formula is C18H17Cl2NO4. The molecule has 7 heteroatoms. The van der Waals surface area contributed by atoms with Crippen LogP contribution in [0.5, 0.6) is 5.75 Å². The molecule has 0 unspecified atom stereocenters. The number of rotatable bonds is 7. The number of nitrogens with zero attached hydrogens (tertiary/aromatic N) is 1. The minimum atomic E-state index is -0.660. The summed E-state index contributed by atoms with van der Waals surface area (Å²) in [5, 5.41) is 0.756. The average Bonchev–Trinajstić information content (AvgIpc) is 2.59. The smallest absolute Gasteiger partial charge is 0.344 e. The van der Waals surface area contributed by atoms with Crippen LogP contribution in [0, 0.1) is 0 Å². The fourth-order valence-electron chi connectivity index (χ4n) is 1.97. The molecule has 0 atom stereocenters. The molecule has 0 aliphatic carbocycles. The Bertz CT molecular complexity index is 737.